The quantitative estimate of drug-likeness (QED) is 0.797. The number of carbonyl (C=O) groups is 2. The van der Waals surface area contributed by atoms with E-state index in [9.17, 15) is 9.59 Å². The molecule has 0 bridgehead atoms. The molecule has 0 saturated carbocycles. The third-order valence-corrected chi connectivity index (χ3v) is 2.68. The minimum absolute atomic E-state index is 0.306. The molecule has 1 aromatic carbocycles. The van der Waals surface area contributed by atoms with Gasteiger partial charge in [0.1, 0.15) is 5.75 Å². The van der Waals surface area contributed by atoms with Crippen LogP contribution in [0.2, 0.25) is 0 Å². The first-order valence-corrected chi connectivity index (χ1v) is 5.37. The first-order chi connectivity index (χ1) is 8.04. The summed E-state index contributed by atoms with van der Waals surface area (Å²) in [7, 11) is 1.77. The molecule has 0 radical (unpaired) electrons. The monoisotopic (exact) mass is 234 g/mol. The summed E-state index contributed by atoms with van der Waals surface area (Å²) in [5, 5.41) is 2.96. The maximum Gasteiger partial charge on any atom is 0.274 e. The van der Waals surface area contributed by atoms with Crippen molar-refractivity contribution in [3.8, 4) is 5.75 Å². The van der Waals surface area contributed by atoms with Crippen LogP contribution in [0.5, 0.6) is 5.75 Å². The van der Waals surface area contributed by atoms with Gasteiger partial charge in [-0.15, -0.1) is 0 Å². The molecular formula is C12H14N2O3. The van der Waals surface area contributed by atoms with Crippen LogP contribution in [0.1, 0.15) is 13.8 Å². The molecule has 1 aliphatic heterocycles. The maximum absolute atomic E-state index is 11.9. The number of imide groups is 1. The van der Waals surface area contributed by atoms with Crippen molar-refractivity contribution < 1.29 is 14.3 Å². The van der Waals surface area contributed by atoms with Gasteiger partial charge in [0.05, 0.1) is 5.69 Å². The SMILES string of the molecule is CNc1ccc2c(c1)N(C(C)=O)C(=O)C(C)O2. The standard InChI is InChI=1S/C12H14N2O3/c1-7-12(16)14(8(2)15)10-6-9(13-3)4-5-11(10)17-7/h4-7,13H,1-3H3. The third-order valence-electron chi connectivity index (χ3n) is 2.68. The summed E-state index contributed by atoms with van der Waals surface area (Å²) >= 11 is 0. The summed E-state index contributed by atoms with van der Waals surface area (Å²) in [5.74, 6) is -0.0933. The zero-order chi connectivity index (χ0) is 12.6. The number of anilines is 2. The van der Waals surface area contributed by atoms with Crippen LogP contribution >= 0.6 is 0 Å². The molecule has 1 aliphatic rings. The van der Waals surface area contributed by atoms with Crippen LogP contribution in [-0.4, -0.2) is 25.0 Å². The number of fused-ring (bicyclic) bond motifs is 1. The molecule has 1 heterocycles. The lowest BCUT2D eigenvalue weighted by Gasteiger charge is -2.31. The fraction of sp³-hybridized carbons (Fsp3) is 0.333. The molecule has 0 aliphatic carbocycles. The van der Waals surface area contributed by atoms with E-state index in [-0.39, 0.29) is 11.8 Å². The molecule has 0 saturated heterocycles. The first kappa shape index (κ1) is 11.4. The molecule has 1 N–H and O–H groups in total. The van der Waals surface area contributed by atoms with Gasteiger partial charge >= 0.3 is 0 Å². The lowest BCUT2D eigenvalue weighted by molar-refractivity contribution is -0.130. The van der Waals surface area contributed by atoms with Crippen molar-refractivity contribution in [2.24, 2.45) is 0 Å². The zero-order valence-corrected chi connectivity index (χ0v) is 9.98. The fourth-order valence-corrected chi connectivity index (χ4v) is 1.81. The Kier molecular flexibility index (Phi) is 2.75. The minimum atomic E-state index is -0.633. The van der Waals surface area contributed by atoms with E-state index in [0.717, 1.165) is 10.6 Å². The van der Waals surface area contributed by atoms with Crippen molar-refractivity contribution in [1.29, 1.82) is 0 Å². The number of benzene rings is 1. The number of rotatable bonds is 1. The molecule has 1 aromatic rings. The Labute approximate surface area is 99.4 Å². The summed E-state index contributed by atoms with van der Waals surface area (Å²) in [4.78, 5) is 24.6. The third kappa shape index (κ3) is 1.84. The van der Waals surface area contributed by atoms with Crippen molar-refractivity contribution in [3.63, 3.8) is 0 Å². The Morgan fingerprint density at radius 2 is 2.18 bits per heavy atom. The van der Waals surface area contributed by atoms with Crippen molar-refractivity contribution >= 4 is 23.2 Å². The van der Waals surface area contributed by atoms with E-state index in [1.165, 1.54) is 6.92 Å². The van der Waals surface area contributed by atoms with E-state index in [1.54, 1.807) is 26.1 Å². The number of hydrogen-bond donors (Lipinski definition) is 1. The summed E-state index contributed by atoms with van der Waals surface area (Å²) in [5.41, 5.74) is 1.31. The average molecular weight is 234 g/mol. The van der Waals surface area contributed by atoms with Crippen LogP contribution in [0.15, 0.2) is 18.2 Å². The van der Waals surface area contributed by atoms with Gasteiger partial charge in [0.25, 0.3) is 5.91 Å². The number of amides is 2. The molecule has 2 rings (SSSR count). The van der Waals surface area contributed by atoms with Crippen LogP contribution in [0.3, 0.4) is 0 Å². The molecule has 5 heteroatoms. The van der Waals surface area contributed by atoms with Gasteiger partial charge in [0.15, 0.2) is 6.10 Å². The second-order valence-electron chi connectivity index (χ2n) is 3.89. The molecule has 90 valence electrons. The van der Waals surface area contributed by atoms with Crippen molar-refractivity contribution in [1.82, 2.24) is 0 Å². The van der Waals surface area contributed by atoms with Crippen molar-refractivity contribution in [2.75, 3.05) is 17.3 Å². The van der Waals surface area contributed by atoms with Gasteiger partial charge in [-0.1, -0.05) is 0 Å². The topological polar surface area (TPSA) is 58.6 Å². The van der Waals surface area contributed by atoms with E-state index >= 15 is 0 Å². The highest BCUT2D eigenvalue weighted by molar-refractivity contribution is 6.17. The summed E-state index contributed by atoms with van der Waals surface area (Å²) in [6, 6.07) is 5.31. The molecule has 0 aromatic heterocycles. The molecule has 0 spiro atoms. The molecule has 5 nitrogen and oxygen atoms in total. The summed E-state index contributed by atoms with van der Waals surface area (Å²) < 4.78 is 5.45. The van der Waals surface area contributed by atoms with Crippen molar-refractivity contribution in [2.45, 2.75) is 20.0 Å². The Morgan fingerprint density at radius 1 is 1.47 bits per heavy atom. The molecule has 0 fully saturated rings. The van der Waals surface area contributed by atoms with E-state index in [1.807, 2.05) is 6.07 Å². The highest BCUT2D eigenvalue weighted by Crippen LogP contribution is 2.36. The van der Waals surface area contributed by atoms with Gasteiger partial charge in [0, 0.05) is 19.7 Å². The largest absolute Gasteiger partial charge is 0.479 e. The number of nitrogens with one attached hydrogen (secondary N) is 1. The Morgan fingerprint density at radius 3 is 2.76 bits per heavy atom. The van der Waals surface area contributed by atoms with Crippen molar-refractivity contribution in [3.05, 3.63) is 18.2 Å². The highest BCUT2D eigenvalue weighted by atomic mass is 16.5. The molecule has 1 unspecified atom stereocenters. The fourth-order valence-electron chi connectivity index (χ4n) is 1.81. The lowest BCUT2D eigenvalue weighted by atomic mass is 10.1. The van der Waals surface area contributed by atoms with Gasteiger partial charge < -0.3 is 10.1 Å². The second-order valence-corrected chi connectivity index (χ2v) is 3.89. The van der Waals surface area contributed by atoms with Crippen LogP contribution < -0.4 is 15.0 Å². The summed E-state index contributed by atoms with van der Waals surface area (Å²) in [6.07, 6.45) is -0.633. The Balaban J connectivity index is 2.55. The highest BCUT2D eigenvalue weighted by Gasteiger charge is 2.34. The predicted octanol–water partition coefficient (Wildman–Crippen LogP) is 1.39. The predicted molar refractivity (Wildman–Crippen MR) is 64.2 cm³/mol. The Bertz CT molecular complexity index is 485. The van der Waals surface area contributed by atoms with Crippen LogP contribution in [0.25, 0.3) is 0 Å². The number of carbonyl (C=O) groups excluding carboxylic acids is 2. The van der Waals surface area contributed by atoms with Gasteiger partial charge in [0.2, 0.25) is 5.91 Å². The zero-order valence-electron chi connectivity index (χ0n) is 9.98. The van der Waals surface area contributed by atoms with Gasteiger partial charge in [-0.05, 0) is 25.1 Å². The van der Waals surface area contributed by atoms with Gasteiger partial charge in [-0.3, -0.25) is 9.59 Å². The number of nitrogens with zero attached hydrogens (tertiary/aromatic N) is 1. The molecular weight excluding hydrogens is 220 g/mol. The molecule has 1 atom stereocenters. The van der Waals surface area contributed by atoms with E-state index in [4.69, 9.17) is 4.74 Å². The number of hydrogen-bond acceptors (Lipinski definition) is 4. The van der Waals surface area contributed by atoms with E-state index in [0.29, 0.717) is 11.4 Å². The van der Waals surface area contributed by atoms with E-state index in [2.05, 4.69) is 5.32 Å². The molecule has 2 amide bonds. The molecule has 17 heavy (non-hydrogen) atoms. The number of ether oxygens (including phenoxy) is 1. The minimum Gasteiger partial charge on any atom is -0.479 e. The lowest BCUT2D eigenvalue weighted by Crippen LogP contribution is -2.46. The van der Waals surface area contributed by atoms with Crippen LogP contribution in [0, 0.1) is 0 Å². The maximum atomic E-state index is 11.9. The Hall–Kier alpha value is -2.04. The second kappa shape index (κ2) is 4.08. The first-order valence-electron chi connectivity index (χ1n) is 5.37. The van der Waals surface area contributed by atoms with Crippen LogP contribution in [-0.2, 0) is 9.59 Å². The van der Waals surface area contributed by atoms with E-state index < -0.39 is 6.10 Å². The van der Waals surface area contributed by atoms with Gasteiger partial charge in [-0.25, -0.2) is 4.90 Å². The smallest absolute Gasteiger partial charge is 0.274 e. The van der Waals surface area contributed by atoms with Crippen LogP contribution in [0.4, 0.5) is 11.4 Å². The summed E-state index contributed by atoms with van der Waals surface area (Å²) in [6.45, 7) is 3.00. The normalized spacial score (nSPS) is 18.4. The average Bonchev–Trinajstić information content (AvgIpc) is 2.29. The van der Waals surface area contributed by atoms with Gasteiger partial charge in [-0.2, -0.15) is 0 Å².